The number of amides is 2. The second kappa shape index (κ2) is 7.50. The van der Waals surface area contributed by atoms with Crippen LogP contribution in [-0.2, 0) is 9.53 Å². The van der Waals surface area contributed by atoms with Crippen molar-refractivity contribution < 1.29 is 14.3 Å². The van der Waals surface area contributed by atoms with Crippen molar-refractivity contribution in [3.05, 3.63) is 40.9 Å². The van der Waals surface area contributed by atoms with Crippen LogP contribution < -0.4 is 5.32 Å². The van der Waals surface area contributed by atoms with E-state index < -0.39 is 11.5 Å². The fraction of sp³-hybridized carbons (Fsp3) is 0.524. The molecule has 8 heteroatoms. The summed E-state index contributed by atoms with van der Waals surface area (Å²) in [6.45, 7) is 1.30. The van der Waals surface area contributed by atoms with E-state index in [-0.39, 0.29) is 17.9 Å². The Labute approximate surface area is 173 Å². The topological polar surface area (TPSA) is 84.4 Å². The number of hydrogen-bond donors (Lipinski definition) is 1. The lowest BCUT2D eigenvalue weighted by molar-refractivity contribution is -0.121. The average Bonchev–Trinajstić information content (AvgIpc) is 3.49. The van der Waals surface area contributed by atoms with Crippen LogP contribution >= 0.6 is 11.3 Å². The molecule has 0 unspecified atom stereocenters. The van der Waals surface area contributed by atoms with E-state index in [4.69, 9.17) is 4.74 Å². The molecule has 5 rings (SSSR count). The summed E-state index contributed by atoms with van der Waals surface area (Å²) >= 11 is 1.30. The Hall–Kier alpha value is -2.32. The van der Waals surface area contributed by atoms with Crippen molar-refractivity contribution in [3.8, 4) is 0 Å². The number of carbonyl (C=O) groups is 2. The third-order valence-electron chi connectivity index (χ3n) is 6.55. The van der Waals surface area contributed by atoms with Gasteiger partial charge in [0, 0.05) is 18.7 Å². The molecule has 1 N–H and O–H groups in total. The van der Waals surface area contributed by atoms with Crippen LogP contribution in [0, 0.1) is 0 Å². The predicted octanol–water partition coefficient (Wildman–Crippen LogP) is 3.21. The maximum atomic E-state index is 13.6. The first-order chi connectivity index (χ1) is 14.2. The quantitative estimate of drug-likeness (QED) is 0.834. The number of carbonyl (C=O) groups excluding carboxylic acids is 2. The monoisotopic (exact) mass is 412 g/mol. The molecular formula is C21H24N4O3S. The van der Waals surface area contributed by atoms with Crippen LogP contribution in [-0.4, -0.2) is 51.7 Å². The lowest BCUT2D eigenvalue weighted by atomic mass is 9.71. The first-order valence-corrected chi connectivity index (χ1v) is 11.2. The predicted molar refractivity (Wildman–Crippen MR) is 109 cm³/mol. The molecule has 1 aliphatic carbocycles. The minimum absolute atomic E-state index is 0.0259. The zero-order chi connectivity index (χ0) is 19.8. The van der Waals surface area contributed by atoms with Crippen molar-refractivity contribution in [2.75, 3.05) is 18.5 Å². The van der Waals surface area contributed by atoms with Gasteiger partial charge in [-0.2, -0.15) is 0 Å². The maximum absolute atomic E-state index is 13.6. The minimum Gasteiger partial charge on any atom is -0.376 e. The summed E-state index contributed by atoms with van der Waals surface area (Å²) in [5, 5.41) is 11.2. The third kappa shape index (κ3) is 3.14. The first-order valence-electron chi connectivity index (χ1n) is 10.3. The second-order valence-electron chi connectivity index (χ2n) is 8.11. The van der Waals surface area contributed by atoms with E-state index in [1.807, 2.05) is 29.2 Å². The van der Waals surface area contributed by atoms with Crippen LogP contribution in [0.2, 0.25) is 0 Å². The Kier molecular flexibility index (Phi) is 4.83. The lowest BCUT2D eigenvalue weighted by Gasteiger charge is -2.50. The minimum atomic E-state index is -0.508. The lowest BCUT2D eigenvalue weighted by Crippen LogP contribution is -2.61. The molecule has 2 atom stereocenters. The SMILES string of the molecule is O=C(Nc1nncs1)[C@H]1c2ccccc2C(=O)N(C[C@@H]2CCCO2)C12CCCC2. The standard InChI is InChI=1S/C21H24N4O3S/c26-18(23-20-24-22-13-29-20)17-15-7-1-2-8-16(15)19(27)25(12-14-6-5-11-28-14)21(17)9-3-4-10-21/h1-2,7-8,13-14,17H,3-6,9-12H2,(H,23,24,26)/t14-,17+/m0/s1. The number of anilines is 1. The number of benzene rings is 1. The number of fused-ring (bicyclic) bond motifs is 1. The van der Waals surface area contributed by atoms with Crippen LogP contribution in [0.15, 0.2) is 29.8 Å². The van der Waals surface area contributed by atoms with Gasteiger partial charge in [-0.3, -0.25) is 14.9 Å². The summed E-state index contributed by atoms with van der Waals surface area (Å²) in [5.74, 6) is -0.511. The molecule has 29 heavy (non-hydrogen) atoms. The van der Waals surface area contributed by atoms with Crippen molar-refractivity contribution in [1.82, 2.24) is 15.1 Å². The molecule has 2 aliphatic heterocycles. The molecule has 3 aliphatic rings. The van der Waals surface area contributed by atoms with Gasteiger partial charge in [-0.25, -0.2) is 0 Å². The highest BCUT2D eigenvalue weighted by Gasteiger charge is 2.56. The van der Waals surface area contributed by atoms with Gasteiger partial charge >= 0.3 is 0 Å². The van der Waals surface area contributed by atoms with Crippen molar-refractivity contribution in [1.29, 1.82) is 0 Å². The van der Waals surface area contributed by atoms with Crippen LogP contribution in [0.4, 0.5) is 5.13 Å². The zero-order valence-corrected chi connectivity index (χ0v) is 17.0. The summed E-state index contributed by atoms with van der Waals surface area (Å²) in [6, 6.07) is 7.55. The van der Waals surface area contributed by atoms with E-state index >= 15 is 0 Å². The van der Waals surface area contributed by atoms with E-state index in [0.29, 0.717) is 17.2 Å². The van der Waals surface area contributed by atoms with Crippen molar-refractivity contribution in [2.24, 2.45) is 0 Å². The highest BCUT2D eigenvalue weighted by molar-refractivity contribution is 7.13. The summed E-state index contributed by atoms with van der Waals surface area (Å²) < 4.78 is 5.86. The number of nitrogens with zero attached hydrogens (tertiary/aromatic N) is 3. The summed E-state index contributed by atoms with van der Waals surface area (Å²) in [4.78, 5) is 29.1. The Morgan fingerprint density at radius 3 is 2.83 bits per heavy atom. The summed E-state index contributed by atoms with van der Waals surface area (Å²) in [5.41, 5.74) is 2.54. The van der Waals surface area contributed by atoms with Gasteiger partial charge < -0.3 is 9.64 Å². The maximum Gasteiger partial charge on any atom is 0.254 e. The molecule has 1 aromatic heterocycles. The second-order valence-corrected chi connectivity index (χ2v) is 8.95. The van der Waals surface area contributed by atoms with Gasteiger partial charge in [-0.15, -0.1) is 10.2 Å². The highest BCUT2D eigenvalue weighted by Crippen LogP contribution is 2.51. The molecule has 3 heterocycles. The molecule has 0 bridgehead atoms. The van der Waals surface area contributed by atoms with Crippen LogP contribution in [0.25, 0.3) is 0 Å². The Bertz CT molecular complexity index is 904. The van der Waals surface area contributed by atoms with E-state index in [1.54, 1.807) is 5.51 Å². The fourth-order valence-corrected chi connectivity index (χ4v) is 5.78. The van der Waals surface area contributed by atoms with Crippen molar-refractivity contribution >= 4 is 28.3 Å². The largest absolute Gasteiger partial charge is 0.376 e. The first kappa shape index (κ1) is 18.7. The zero-order valence-electron chi connectivity index (χ0n) is 16.2. The number of hydrogen-bond acceptors (Lipinski definition) is 6. The van der Waals surface area contributed by atoms with E-state index in [2.05, 4.69) is 15.5 Å². The fourth-order valence-electron chi connectivity index (χ4n) is 5.33. The molecule has 7 nitrogen and oxygen atoms in total. The van der Waals surface area contributed by atoms with E-state index in [1.165, 1.54) is 11.3 Å². The Morgan fingerprint density at radius 1 is 1.28 bits per heavy atom. The van der Waals surface area contributed by atoms with Gasteiger partial charge in [-0.05, 0) is 37.3 Å². The van der Waals surface area contributed by atoms with Gasteiger partial charge in [0.2, 0.25) is 11.0 Å². The number of aromatic nitrogens is 2. The van der Waals surface area contributed by atoms with Gasteiger partial charge in [-0.1, -0.05) is 42.4 Å². The normalized spacial score (nSPS) is 25.4. The Morgan fingerprint density at radius 2 is 2.10 bits per heavy atom. The van der Waals surface area contributed by atoms with Crippen LogP contribution in [0.1, 0.15) is 60.4 Å². The molecule has 2 fully saturated rings. The van der Waals surface area contributed by atoms with Crippen molar-refractivity contribution in [3.63, 3.8) is 0 Å². The molecule has 1 saturated heterocycles. The molecule has 1 saturated carbocycles. The van der Waals surface area contributed by atoms with Crippen molar-refractivity contribution in [2.45, 2.75) is 56.1 Å². The van der Waals surface area contributed by atoms with E-state index in [9.17, 15) is 9.59 Å². The summed E-state index contributed by atoms with van der Waals surface area (Å²) in [6.07, 6.45) is 5.72. The molecule has 152 valence electrons. The smallest absolute Gasteiger partial charge is 0.254 e. The average molecular weight is 413 g/mol. The molecule has 2 amide bonds. The molecule has 1 spiro atoms. The van der Waals surface area contributed by atoms with E-state index in [0.717, 1.165) is 50.7 Å². The van der Waals surface area contributed by atoms with Gasteiger partial charge in [0.05, 0.1) is 17.6 Å². The molecular weight excluding hydrogens is 388 g/mol. The third-order valence-corrected chi connectivity index (χ3v) is 7.16. The van der Waals surface area contributed by atoms with Gasteiger partial charge in [0.25, 0.3) is 5.91 Å². The molecule has 1 aromatic carbocycles. The van der Waals surface area contributed by atoms with Crippen LogP contribution in [0.5, 0.6) is 0 Å². The van der Waals surface area contributed by atoms with Gasteiger partial charge in [0.1, 0.15) is 5.51 Å². The highest BCUT2D eigenvalue weighted by atomic mass is 32.1. The molecule has 2 aromatic rings. The summed E-state index contributed by atoms with van der Waals surface area (Å²) in [7, 11) is 0. The number of ether oxygens (including phenoxy) is 1. The van der Waals surface area contributed by atoms with Gasteiger partial charge in [0.15, 0.2) is 0 Å². The van der Waals surface area contributed by atoms with Crippen LogP contribution in [0.3, 0.4) is 0 Å². The number of rotatable bonds is 4. The Balaban J connectivity index is 1.58. The molecule has 0 radical (unpaired) electrons. The number of nitrogens with one attached hydrogen (secondary N) is 1.